The van der Waals surface area contributed by atoms with Crippen LogP contribution >= 0.6 is 0 Å². The van der Waals surface area contributed by atoms with Gasteiger partial charge in [-0.3, -0.25) is 0 Å². The molecule has 0 heterocycles. The van der Waals surface area contributed by atoms with Gasteiger partial charge in [0, 0.05) is 6.08 Å². The van der Waals surface area contributed by atoms with Crippen LogP contribution in [0.3, 0.4) is 0 Å². The largest absolute Gasteiger partial charge is 0.463 e. The van der Waals surface area contributed by atoms with Gasteiger partial charge in [-0.25, -0.2) is 4.79 Å². The Bertz CT molecular complexity index is 373. The Kier molecular flexibility index (Phi) is 16.0. The van der Waals surface area contributed by atoms with Crippen LogP contribution in [0.25, 0.3) is 0 Å². The van der Waals surface area contributed by atoms with Crippen LogP contribution in [0, 0.1) is 5.92 Å². The quantitative estimate of drug-likeness (QED) is 0.147. The smallest absolute Gasteiger partial charge is 0.330 e. The van der Waals surface area contributed by atoms with Crippen molar-refractivity contribution in [2.75, 3.05) is 6.61 Å². The fourth-order valence-corrected chi connectivity index (χ4v) is 8.70. The summed E-state index contributed by atoms with van der Waals surface area (Å²) in [6.07, 6.45) is 13.6. The number of rotatable bonds is 17. The van der Waals surface area contributed by atoms with Gasteiger partial charge in [0.15, 0.2) is 8.32 Å². The van der Waals surface area contributed by atoms with Crippen molar-refractivity contribution in [2.24, 2.45) is 5.92 Å². The summed E-state index contributed by atoms with van der Waals surface area (Å²) in [7, 11) is -1.74. The van der Waals surface area contributed by atoms with Gasteiger partial charge >= 0.3 is 5.97 Å². The van der Waals surface area contributed by atoms with E-state index in [1.165, 1.54) is 56.7 Å². The maximum Gasteiger partial charge on any atom is 0.330 e. The summed E-state index contributed by atoms with van der Waals surface area (Å²) in [6, 6.07) is 3.87. The van der Waals surface area contributed by atoms with E-state index in [0.717, 1.165) is 12.8 Å². The Balaban J connectivity index is 5.33. The summed E-state index contributed by atoms with van der Waals surface area (Å²) in [5, 5.41) is 0. The predicted octanol–water partition coefficient (Wildman–Crippen LogP) is 7.27. The summed E-state index contributed by atoms with van der Waals surface area (Å²) in [5.74, 6) is -0.00262. The van der Waals surface area contributed by atoms with Gasteiger partial charge in [-0.2, -0.15) is 0 Å². The number of hydrogen-bond donors (Lipinski definition) is 0. The lowest BCUT2D eigenvalue weighted by Gasteiger charge is -2.38. The van der Waals surface area contributed by atoms with Crippen molar-refractivity contribution in [3.63, 3.8) is 0 Å². The molecule has 0 aromatic heterocycles. The molecule has 0 aromatic rings. The van der Waals surface area contributed by atoms with Crippen molar-refractivity contribution in [1.82, 2.24) is 0 Å². The number of unbranched alkanes of at least 4 members (excludes halogenated alkanes) is 3. The highest BCUT2D eigenvalue weighted by atomic mass is 28.4. The lowest BCUT2D eigenvalue weighted by atomic mass is 10.0. The van der Waals surface area contributed by atoms with Crippen molar-refractivity contribution < 1.29 is 14.0 Å². The second kappa shape index (κ2) is 16.4. The Hall–Kier alpha value is -0.613. The number of esters is 1. The molecule has 0 unspecified atom stereocenters. The first kappa shape index (κ1) is 26.4. The maximum absolute atomic E-state index is 11.7. The minimum absolute atomic E-state index is 0.220. The van der Waals surface area contributed by atoms with Crippen LogP contribution in [0.5, 0.6) is 0 Å². The number of ether oxygens (including phenoxy) is 1. The zero-order chi connectivity index (χ0) is 20.5. The average molecular weight is 399 g/mol. The highest BCUT2D eigenvalue weighted by Crippen LogP contribution is 2.33. The lowest BCUT2D eigenvalue weighted by Crippen LogP contribution is -2.43. The van der Waals surface area contributed by atoms with Gasteiger partial charge in [-0.05, 0) is 37.4 Å². The molecule has 0 aromatic carbocycles. The van der Waals surface area contributed by atoms with Crippen molar-refractivity contribution in [1.29, 1.82) is 0 Å². The molecule has 0 aliphatic carbocycles. The predicted molar refractivity (Wildman–Crippen MR) is 120 cm³/mol. The van der Waals surface area contributed by atoms with Crippen LogP contribution in [0.4, 0.5) is 0 Å². The third-order valence-corrected chi connectivity index (χ3v) is 9.94. The minimum Gasteiger partial charge on any atom is -0.463 e. The molecule has 4 heteroatoms. The third kappa shape index (κ3) is 11.7. The molecular weight excluding hydrogens is 352 g/mol. The molecule has 0 N–H and O–H groups in total. The van der Waals surface area contributed by atoms with E-state index in [1.54, 1.807) is 6.08 Å². The lowest BCUT2D eigenvalue weighted by molar-refractivity contribution is -0.137. The van der Waals surface area contributed by atoms with E-state index in [2.05, 4.69) is 34.6 Å². The van der Waals surface area contributed by atoms with Crippen molar-refractivity contribution in [3.8, 4) is 0 Å². The molecule has 0 amide bonds. The maximum atomic E-state index is 11.7. The molecule has 2 atom stereocenters. The van der Waals surface area contributed by atoms with E-state index < -0.39 is 8.32 Å². The Morgan fingerprint density at radius 2 is 1.41 bits per heavy atom. The fourth-order valence-electron chi connectivity index (χ4n) is 3.63. The van der Waals surface area contributed by atoms with E-state index in [9.17, 15) is 4.79 Å². The van der Waals surface area contributed by atoms with Gasteiger partial charge in [0.1, 0.15) is 0 Å². The van der Waals surface area contributed by atoms with Gasteiger partial charge in [0.25, 0.3) is 0 Å². The second-order valence-corrected chi connectivity index (χ2v) is 12.0. The standard InChI is InChI=1S/C23H46O3Si/c1-7-12-18-27(19-13-8-2,20-14-9-3)26-22(15-10-4)21(6)16-17-23(24)25-11-5/h16-17,21-22H,7-15,18-20H2,1-6H3/b17-16+/t21-,22+/m0/s1. The third-order valence-electron chi connectivity index (χ3n) is 5.34. The minimum atomic E-state index is -1.74. The average Bonchev–Trinajstić information content (AvgIpc) is 2.67. The molecule has 160 valence electrons. The topological polar surface area (TPSA) is 35.5 Å². The molecule has 0 aliphatic rings. The molecular formula is C23H46O3Si. The normalized spacial score (nSPS) is 14.4. The zero-order valence-corrected chi connectivity index (χ0v) is 20.0. The number of carbonyl (C=O) groups is 1. The molecule has 3 nitrogen and oxygen atoms in total. The van der Waals surface area contributed by atoms with Gasteiger partial charge in [0.05, 0.1) is 12.7 Å². The molecule has 0 bridgehead atoms. The highest BCUT2D eigenvalue weighted by molar-refractivity contribution is 6.73. The number of carbonyl (C=O) groups excluding carboxylic acids is 1. The molecule has 0 fully saturated rings. The molecule has 0 radical (unpaired) electrons. The summed E-state index contributed by atoms with van der Waals surface area (Å²) < 4.78 is 12.1. The first-order valence-corrected chi connectivity index (χ1v) is 14.0. The SMILES string of the molecule is CCCC[Si](CCCC)(CCCC)O[C@H](CCC)[C@@H](C)/C=C/C(=O)OCC. The van der Waals surface area contributed by atoms with Crippen LogP contribution in [0.1, 0.15) is 92.9 Å². The van der Waals surface area contributed by atoms with Crippen molar-refractivity contribution in [2.45, 2.75) is 117 Å². The Labute approximate surface area is 170 Å². The van der Waals surface area contributed by atoms with Crippen LogP contribution < -0.4 is 0 Å². The molecule has 0 rings (SSSR count). The zero-order valence-electron chi connectivity index (χ0n) is 19.0. The first-order chi connectivity index (χ1) is 13.0. The summed E-state index contributed by atoms with van der Waals surface area (Å²) in [5.41, 5.74) is 0. The van der Waals surface area contributed by atoms with Gasteiger partial charge in [0.2, 0.25) is 0 Å². The summed E-state index contributed by atoms with van der Waals surface area (Å²) in [6.45, 7) is 13.5. The second-order valence-electron chi connectivity index (χ2n) is 7.91. The van der Waals surface area contributed by atoms with Gasteiger partial charge < -0.3 is 9.16 Å². The van der Waals surface area contributed by atoms with E-state index >= 15 is 0 Å². The first-order valence-electron chi connectivity index (χ1n) is 11.5. The fraction of sp³-hybridized carbons (Fsp3) is 0.870. The van der Waals surface area contributed by atoms with E-state index in [1.807, 2.05) is 13.0 Å². The number of hydrogen-bond acceptors (Lipinski definition) is 3. The van der Waals surface area contributed by atoms with E-state index in [4.69, 9.17) is 9.16 Å². The molecule has 0 aliphatic heterocycles. The summed E-state index contributed by atoms with van der Waals surface area (Å²) >= 11 is 0. The Morgan fingerprint density at radius 3 is 1.81 bits per heavy atom. The van der Waals surface area contributed by atoms with Crippen LogP contribution in [-0.2, 0) is 14.0 Å². The van der Waals surface area contributed by atoms with Crippen molar-refractivity contribution >= 4 is 14.3 Å². The van der Waals surface area contributed by atoms with E-state index in [-0.39, 0.29) is 18.0 Å². The molecule has 0 saturated heterocycles. The van der Waals surface area contributed by atoms with Crippen LogP contribution in [-0.4, -0.2) is 27.0 Å². The molecule has 0 saturated carbocycles. The van der Waals surface area contributed by atoms with Gasteiger partial charge in [-0.15, -0.1) is 0 Å². The van der Waals surface area contributed by atoms with Crippen molar-refractivity contribution in [3.05, 3.63) is 12.2 Å². The molecule has 27 heavy (non-hydrogen) atoms. The Morgan fingerprint density at radius 1 is 0.889 bits per heavy atom. The van der Waals surface area contributed by atoms with Gasteiger partial charge in [-0.1, -0.05) is 85.6 Å². The van der Waals surface area contributed by atoms with Crippen LogP contribution in [0.15, 0.2) is 12.2 Å². The highest BCUT2D eigenvalue weighted by Gasteiger charge is 2.36. The monoisotopic (exact) mass is 398 g/mol. The summed E-state index contributed by atoms with van der Waals surface area (Å²) in [4.78, 5) is 11.7. The molecule has 0 spiro atoms. The van der Waals surface area contributed by atoms with Crippen LogP contribution in [0.2, 0.25) is 18.1 Å². The van der Waals surface area contributed by atoms with E-state index in [0.29, 0.717) is 6.61 Å².